The van der Waals surface area contributed by atoms with E-state index >= 15 is 0 Å². The lowest BCUT2D eigenvalue weighted by Crippen LogP contribution is -2.24. The smallest absolute Gasteiger partial charge is 0.0755 e. The van der Waals surface area contributed by atoms with E-state index < -0.39 is 0 Å². The molecule has 0 spiro atoms. The lowest BCUT2D eigenvalue weighted by Gasteiger charge is -2.20. The quantitative estimate of drug-likeness (QED) is 0.891. The van der Waals surface area contributed by atoms with Crippen LogP contribution in [0.2, 0.25) is 0 Å². The number of ether oxygens (including phenoxy) is 1. The molecule has 0 aliphatic carbocycles. The Labute approximate surface area is 118 Å². The van der Waals surface area contributed by atoms with Crippen LogP contribution in [0.25, 0.3) is 0 Å². The highest BCUT2D eigenvalue weighted by Crippen LogP contribution is 2.30. The normalized spacial score (nSPS) is 22.2. The zero-order chi connectivity index (χ0) is 13.3. The van der Waals surface area contributed by atoms with Gasteiger partial charge in [0, 0.05) is 16.7 Å². The number of hydrogen-bond acceptors (Lipinski definition) is 2. The molecule has 100 valence electrons. The molecule has 1 heterocycles. The molecular weight excluding hydrogens is 290 g/mol. The average molecular weight is 312 g/mol. The summed E-state index contributed by atoms with van der Waals surface area (Å²) in [5.41, 5.74) is 3.77. The topological polar surface area (TPSA) is 21.3 Å². The van der Waals surface area contributed by atoms with Gasteiger partial charge in [0.1, 0.15) is 0 Å². The maximum absolute atomic E-state index is 5.98. The first-order chi connectivity index (χ1) is 8.37. The molecule has 0 bridgehead atoms. The van der Waals surface area contributed by atoms with Gasteiger partial charge in [-0.05, 0) is 63.8 Å². The van der Waals surface area contributed by atoms with Gasteiger partial charge in [0.05, 0.1) is 11.7 Å². The van der Waals surface area contributed by atoms with Gasteiger partial charge in [0.15, 0.2) is 0 Å². The zero-order valence-electron chi connectivity index (χ0n) is 11.6. The summed E-state index contributed by atoms with van der Waals surface area (Å²) in [5, 5.41) is 3.49. The van der Waals surface area contributed by atoms with Crippen LogP contribution in [0.4, 0.5) is 5.69 Å². The van der Waals surface area contributed by atoms with Crippen LogP contribution in [-0.2, 0) is 4.74 Å². The number of benzene rings is 1. The number of nitrogens with one attached hydrogen (secondary N) is 1. The predicted octanol–water partition coefficient (Wildman–Crippen LogP) is 4.44. The molecule has 0 aromatic heterocycles. The third-order valence-corrected chi connectivity index (χ3v) is 4.78. The van der Waals surface area contributed by atoms with Crippen molar-refractivity contribution in [1.29, 1.82) is 0 Å². The summed E-state index contributed by atoms with van der Waals surface area (Å²) in [6, 6.07) is 4.36. The van der Waals surface area contributed by atoms with Crippen molar-refractivity contribution >= 4 is 21.6 Å². The van der Waals surface area contributed by atoms with E-state index in [1.807, 2.05) is 0 Å². The van der Waals surface area contributed by atoms with Gasteiger partial charge in [0.2, 0.25) is 0 Å². The van der Waals surface area contributed by atoms with Gasteiger partial charge in [-0.15, -0.1) is 0 Å². The molecule has 0 amide bonds. The Kier molecular flexibility index (Phi) is 4.02. The molecular formula is C15H22BrNO. The van der Waals surface area contributed by atoms with E-state index in [0.717, 1.165) is 19.4 Å². The monoisotopic (exact) mass is 311 g/mol. The second-order valence-electron chi connectivity index (χ2n) is 5.84. The van der Waals surface area contributed by atoms with Gasteiger partial charge in [-0.2, -0.15) is 0 Å². The fourth-order valence-electron chi connectivity index (χ4n) is 2.50. The minimum Gasteiger partial charge on any atom is -0.382 e. The van der Waals surface area contributed by atoms with E-state index in [0.29, 0.717) is 6.10 Å². The van der Waals surface area contributed by atoms with E-state index in [9.17, 15) is 0 Å². The summed E-state index contributed by atoms with van der Waals surface area (Å²) in [5.74, 6) is 0. The molecule has 1 unspecified atom stereocenters. The predicted molar refractivity (Wildman–Crippen MR) is 80.3 cm³/mol. The van der Waals surface area contributed by atoms with Crippen LogP contribution in [0, 0.1) is 13.8 Å². The Hall–Kier alpha value is -0.540. The molecule has 18 heavy (non-hydrogen) atoms. The largest absolute Gasteiger partial charge is 0.382 e. The molecule has 2 nitrogen and oxygen atoms in total. The Bertz CT molecular complexity index is 419. The molecule has 1 saturated heterocycles. The first-order valence-electron chi connectivity index (χ1n) is 6.56. The Morgan fingerprint density at radius 3 is 2.44 bits per heavy atom. The molecule has 1 fully saturated rings. The molecule has 1 N–H and O–H groups in total. The Morgan fingerprint density at radius 2 is 1.94 bits per heavy atom. The maximum atomic E-state index is 5.98. The number of anilines is 1. The van der Waals surface area contributed by atoms with Crippen molar-refractivity contribution in [2.24, 2.45) is 0 Å². The molecule has 1 aliphatic rings. The van der Waals surface area contributed by atoms with Gasteiger partial charge in [0.25, 0.3) is 0 Å². The van der Waals surface area contributed by atoms with Gasteiger partial charge < -0.3 is 10.1 Å². The summed E-state index contributed by atoms with van der Waals surface area (Å²) in [6.07, 6.45) is 2.64. The summed E-state index contributed by atoms with van der Waals surface area (Å²) in [7, 11) is 0. The number of halogens is 1. The lowest BCUT2D eigenvalue weighted by atomic mass is 10.1. The fourth-order valence-corrected chi connectivity index (χ4v) is 2.73. The van der Waals surface area contributed by atoms with Crippen LogP contribution in [0.15, 0.2) is 16.6 Å². The molecule has 1 aliphatic heterocycles. The Balaban J connectivity index is 1.95. The van der Waals surface area contributed by atoms with Crippen molar-refractivity contribution in [3.05, 3.63) is 27.7 Å². The van der Waals surface area contributed by atoms with Crippen LogP contribution >= 0.6 is 15.9 Å². The highest BCUT2D eigenvalue weighted by Gasteiger charge is 2.31. The lowest BCUT2D eigenvalue weighted by molar-refractivity contribution is -0.00911. The summed E-state index contributed by atoms with van der Waals surface area (Å²) >= 11 is 3.59. The molecule has 0 saturated carbocycles. The highest BCUT2D eigenvalue weighted by atomic mass is 79.9. The van der Waals surface area contributed by atoms with Crippen LogP contribution in [-0.4, -0.2) is 18.2 Å². The molecule has 3 heteroatoms. The van der Waals surface area contributed by atoms with Crippen molar-refractivity contribution < 1.29 is 4.74 Å². The van der Waals surface area contributed by atoms with E-state index in [-0.39, 0.29) is 5.60 Å². The van der Waals surface area contributed by atoms with Gasteiger partial charge >= 0.3 is 0 Å². The number of hydrogen-bond donors (Lipinski definition) is 1. The van der Waals surface area contributed by atoms with Crippen LogP contribution < -0.4 is 5.32 Å². The van der Waals surface area contributed by atoms with E-state index in [2.05, 4.69) is 61.1 Å². The van der Waals surface area contributed by atoms with Crippen molar-refractivity contribution in [2.75, 3.05) is 11.9 Å². The van der Waals surface area contributed by atoms with Crippen LogP contribution in [0.3, 0.4) is 0 Å². The summed E-state index contributed by atoms with van der Waals surface area (Å²) in [4.78, 5) is 0. The average Bonchev–Trinajstić information content (AvgIpc) is 2.63. The van der Waals surface area contributed by atoms with Gasteiger partial charge in [-0.3, -0.25) is 0 Å². The first kappa shape index (κ1) is 13.9. The van der Waals surface area contributed by atoms with Crippen molar-refractivity contribution in [1.82, 2.24) is 0 Å². The molecule has 1 aromatic carbocycles. The third kappa shape index (κ3) is 3.27. The molecule has 0 radical (unpaired) electrons. The minimum atomic E-state index is 0.0535. The Morgan fingerprint density at radius 1 is 1.33 bits per heavy atom. The third-order valence-electron chi connectivity index (χ3n) is 3.52. The molecule has 1 aromatic rings. The van der Waals surface area contributed by atoms with Crippen molar-refractivity contribution in [2.45, 2.75) is 52.2 Å². The van der Waals surface area contributed by atoms with Crippen molar-refractivity contribution in [3.8, 4) is 0 Å². The minimum absolute atomic E-state index is 0.0535. The second-order valence-corrected chi connectivity index (χ2v) is 6.64. The number of rotatable bonds is 3. The van der Waals surface area contributed by atoms with Gasteiger partial charge in [-0.1, -0.05) is 15.9 Å². The van der Waals surface area contributed by atoms with Gasteiger partial charge in [-0.25, -0.2) is 0 Å². The van der Waals surface area contributed by atoms with E-state index in [4.69, 9.17) is 4.74 Å². The summed E-state index contributed by atoms with van der Waals surface area (Å²) in [6.45, 7) is 9.47. The first-order valence-corrected chi connectivity index (χ1v) is 7.35. The maximum Gasteiger partial charge on any atom is 0.0755 e. The zero-order valence-corrected chi connectivity index (χ0v) is 13.2. The molecule has 1 atom stereocenters. The molecule has 2 rings (SSSR count). The van der Waals surface area contributed by atoms with Crippen LogP contribution in [0.5, 0.6) is 0 Å². The van der Waals surface area contributed by atoms with E-state index in [1.54, 1.807) is 0 Å². The van der Waals surface area contributed by atoms with Crippen molar-refractivity contribution in [3.63, 3.8) is 0 Å². The standard InChI is InChI=1S/C15H22BrNO/c1-10-7-12(8-11(2)14(10)16)17-9-13-5-6-15(3,4)18-13/h7-8,13,17H,5-6,9H2,1-4H3. The second kappa shape index (κ2) is 5.22. The number of aryl methyl sites for hydroxylation is 2. The SMILES string of the molecule is Cc1cc(NCC2CCC(C)(C)O2)cc(C)c1Br. The van der Waals surface area contributed by atoms with E-state index in [1.165, 1.54) is 21.3 Å². The highest BCUT2D eigenvalue weighted by molar-refractivity contribution is 9.10. The van der Waals surface area contributed by atoms with Crippen LogP contribution in [0.1, 0.15) is 37.8 Å². The summed E-state index contributed by atoms with van der Waals surface area (Å²) < 4.78 is 7.18. The fraction of sp³-hybridized carbons (Fsp3) is 0.600.